The number of halogens is 4. The van der Waals surface area contributed by atoms with Gasteiger partial charge in [0, 0.05) is 42.2 Å². The SMILES string of the molecule is CN=C(NCc1cccnc1OCC(F)(F)F)NCC(C)(C)c1cccs1.I. The van der Waals surface area contributed by atoms with Gasteiger partial charge in [-0.1, -0.05) is 26.0 Å². The number of pyridine rings is 1. The molecular formula is C18H24F3IN4OS. The number of aliphatic imine (C=N–C) groups is 1. The lowest BCUT2D eigenvalue weighted by Gasteiger charge is -2.25. The van der Waals surface area contributed by atoms with Crippen molar-refractivity contribution in [2.45, 2.75) is 32.0 Å². The number of hydrogen-bond donors (Lipinski definition) is 2. The molecule has 2 rings (SSSR count). The van der Waals surface area contributed by atoms with Crippen LogP contribution in [0.4, 0.5) is 13.2 Å². The summed E-state index contributed by atoms with van der Waals surface area (Å²) < 4.78 is 41.9. The minimum atomic E-state index is -4.41. The van der Waals surface area contributed by atoms with E-state index in [2.05, 4.69) is 40.5 Å². The Morgan fingerprint density at radius 1 is 1.21 bits per heavy atom. The maximum atomic E-state index is 12.4. The van der Waals surface area contributed by atoms with Gasteiger partial charge in [-0.3, -0.25) is 4.99 Å². The number of nitrogens with one attached hydrogen (secondary N) is 2. The van der Waals surface area contributed by atoms with Crippen LogP contribution in [-0.4, -0.2) is 37.3 Å². The van der Waals surface area contributed by atoms with Gasteiger partial charge in [-0.2, -0.15) is 13.2 Å². The third-order valence-electron chi connectivity index (χ3n) is 3.78. The Balaban J connectivity index is 0.00000392. The van der Waals surface area contributed by atoms with Crippen molar-refractivity contribution in [2.75, 3.05) is 20.2 Å². The Hall–Kier alpha value is -1.56. The Morgan fingerprint density at radius 3 is 2.57 bits per heavy atom. The van der Waals surface area contributed by atoms with E-state index >= 15 is 0 Å². The standard InChI is InChI=1S/C18H23F3N4OS.HI/c1-17(2,14-7-5-9-27-14)11-25-16(22-3)24-10-13-6-4-8-23-15(13)26-12-18(19,20)21;/h4-9H,10-12H2,1-3H3,(H2,22,24,25);1H. The Kier molecular flexibility index (Phi) is 9.48. The van der Waals surface area contributed by atoms with Crippen LogP contribution in [0.1, 0.15) is 24.3 Å². The number of hydrogen-bond acceptors (Lipinski definition) is 4. The maximum absolute atomic E-state index is 12.4. The lowest BCUT2D eigenvalue weighted by atomic mass is 9.91. The molecule has 2 aromatic rings. The highest BCUT2D eigenvalue weighted by Crippen LogP contribution is 2.26. The fraction of sp³-hybridized carbons (Fsp3) is 0.444. The average molecular weight is 528 g/mol. The van der Waals surface area contributed by atoms with Crippen LogP contribution in [0.3, 0.4) is 0 Å². The number of nitrogens with zero attached hydrogens (tertiary/aromatic N) is 2. The van der Waals surface area contributed by atoms with E-state index in [1.807, 2.05) is 11.4 Å². The number of thiophene rings is 1. The van der Waals surface area contributed by atoms with E-state index in [0.29, 0.717) is 18.1 Å². The second-order valence-corrected chi connectivity index (χ2v) is 7.46. The van der Waals surface area contributed by atoms with Gasteiger partial charge in [0.05, 0.1) is 0 Å². The van der Waals surface area contributed by atoms with E-state index in [-0.39, 0.29) is 41.8 Å². The summed E-state index contributed by atoms with van der Waals surface area (Å²) in [5.41, 5.74) is 0.434. The molecule has 0 saturated heterocycles. The van der Waals surface area contributed by atoms with Crippen LogP contribution in [0, 0.1) is 0 Å². The summed E-state index contributed by atoms with van der Waals surface area (Å²) >= 11 is 1.69. The first-order chi connectivity index (χ1) is 12.7. The third-order valence-corrected chi connectivity index (χ3v) is 5.01. The highest BCUT2D eigenvalue weighted by Gasteiger charge is 2.29. The highest BCUT2D eigenvalue weighted by atomic mass is 127. The molecule has 28 heavy (non-hydrogen) atoms. The zero-order chi connectivity index (χ0) is 19.9. The molecule has 0 bridgehead atoms. The third kappa shape index (κ3) is 7.82. The summed E-state index contributed by atoms with van der Waals surface area (Å²) in [6.07, 6.45) is -3.01. The lowest BCUT2D eigenvalue weighted by molar-refractivity contribution is -0.154. The van der Waals surface area contributed by atoms with Crippen molar-refractivity contribution >= 4 is 41.3 Å². The largest absolute Gasteiger partial charge is 0.468 e. The molecule has 0 aliphatic heterocycles. The van der Waals surface area contributed by atoms with Gasteiger partial charge in [0.15, 0.2) is 12.6 Å². The van der Waals surface area contributed by atoms with Gasteiger partial charge in [0.1, 0.15) is 0 Å². The molecule has 5 nitrogen and oxygen atoms in total. The first-order valence-electron chi connectivity index (χ1n) is 8.33. The number of guanidine groups is 1. The monoisotopic (exact) mass is 528 g/mol. The molecule has 0 radical (unpaired) electrons. The van der Waals surface area contributed by atoms with Gasteiger partial charge in [-0.15, -0.1) is 35.3 Å². The minimum Gasteiger partial charge on any atom is -0.468 e. The molecule has 0 fully saturated rings. The van der Waals surface area contributed by atoms with Crippen LogP contribution in [-0.2, 0) is 12.0 Å². The van der Waals surface area contributed by atoms with Crippen molar-refractivity contribution in [3.8, 4) is 5.88 Å². The van der Waals surface area contributed by atoms with E-state index in [0.717, 1.165) is 0 Å². The van der Waals surface area contributed by atoms with Crippen molar-refractivity contribution in [2.24, 2.45) is 4.99 Å². The normalized spacial score (nSPS) is 12.3. The van der Waals surface area contributed by atoms with Crippen molar-refractivity contribution in [3.05, 3.63) is 46.3 Å². The summed E-state index contributed by atoms with van der Waals surface area (Å²) in [5.74, 6) is 0.502. The second-order valence-electron chi connectivity index (χ2n) is 6.51. The predicted molar refractivity (Wildman–Crippen MR) is 117 cm³/mol. The molecule has 0 atom stereocenters. The molecule has 0 spiro atoms. The van der Waals surface area contributed by atoms with Crippen molar-refractivity contribution in [1.29, 1.82) is 0 Å². The van der Waals surface area contributed by atoms with Crippen LogP contribution in [0.2, 0.25) is 0 Å². The fourth-order valence-corrected chi connectivity index (χ4v) is 3.15. The number of ether oxygens (including phenoxy) is 1. The van der Waals surface area contributed by atoms with Crippen molar-refractivity contribution < 1.29 is 17.9 Å². The van der Waals surface area contributed by atoms with Gasteiger partial charge in [-0.25, -0.2) is 4.98 Å². The van der Waals surface area contributed by atoms with Crippen LogP contribution in [0.25, 0.3) is 0 Å². The highest BCUT2D eigenvalue weighted by molar-refractivity contribution is 14.0. The Labute approximate surface area is 183 Å². The lowest BCUT2D eigenvalue weighted by Crippen LogP contribution is -2.43. The van der Waals surface area contributed by atoms with Gasteiger partial charge in [0.2, 0.25) is 5.88 Å². The molecule has 0 aromatic carbocycles. The van der Waals surface area contributed by atoms with E-state index in [1.54, 1.807) is 30.5 Å². The summed E-state index contributed by atoms with van der Waals surface area (Å²) in [7, 11) is 1.64. The Bertz CT molecular complexity index is 752. The number of alkyl halides is 3. The summed E-state index contributed by atoms with van der Waals surface area (Å²) in [4.78, 5) is 9.29. The fourth-order valence-electron chi connectivity index (χ4n) is 2.29. The minimum absolute atomic E-state index is 0. The first-order valence-corrected chi connectivity index (χ1v) is 9.21. The van der Waals surface area contributed by atoms with Gasteiger partial charge >= 0.3 is 6.18 Å². The Morgan fingerprint density at radius 2 is 1.96 bits per heavy atom. The van der Waals surface area contributed by atoms with E-state index in [1.165, 1.54) is 11.1 Å². The summed E-state index contributed by atoms with van der Waals surface area (Å²) in [6, 6.07) is 7.41. The molecule has 0 saturated carbocycles. The van der Waals surface area contributed by atoms with Crippen LogP contribution in [0.15, 0.2) is 40.8 Å². The van der Waals surface area contributed by atoms with Crippen molar-refractivity contribution in [3.63, 3.8) is 0 Å². The molecule has 2 N–H and O–H groups in total. The van der Waals surface area contributed by atoms with Crippen LogP contribution >= 0.6 is 35.3 Å². The van der Waals surface area contributed by atoms with Gasteiger partial charge < -0.3 is 15.4 Å². The summed E-state index contributed by atoms with van der Waals surface area (Å²) in [5, 5.41) is 8.37. The molecule has 0 aliphatic rings. The first kappa shape index (κ1) is 24.5. The second kappa shape index (κ2) is 10.8. The molecule has 156 valence electrons. The maximum Gasteiger partial charge on any atom is 0.422 e. The van der Waals surface area contributed by atoms with E-state index in [4.69, 9.17) is 4.74 Å². The zero-order valence-corrected chi connectivity index (χ0v) is 19.0. The summed E-state index contributed by atoms with van der Waals surface area (Å²) in [6.45, 7) is 3.77. The van der Waals surface area contributed by atoms with Crippen LogP contribution < -0.4 is 15.4 Å². The topological polar surface area (TPSA) is 58.5 Å². The molecule has 2 aromatic heterocycles. The molecule has 0 unspecified atom stereocenters. The smallest absolute Gasteiger partial charge is 0.422 e. The van der Waals surface area contributed by atoms with Gasteiger partial charge in [-0.05, 0) is 17.5 Å². The number of aromatic nitrogens is 1. The van der Waals surface area contributed by atoms with Crippen molar-refractivity contribution in [1.82, 2.24) is 15.6 Å². The van der Waals surface area contributed by atoms with E-state index in [9.17, 15) is 13.2 Å². The van der Waals surface area contributed by atoms with E-state index < -0.39 is 12.8 Å². The molecule has 2 heterocycles. The average Bonchev–Trinajstić information content (AvgIpc) is 3.16. The molecule has 0 aliphatic carbocycles. The molecule has 10 heteroatoms. The zero-order valence-electron chi connectivity index (χ0n) is 15.8. The molecular weight excluding hydrogens is 504 g/mol. The van der Waals surface area contributed by atoms with Gasteiger partial charge in [0.25, 0.3) is 0 Å². The number of rotatable bonds is 7. The van der Waals surface area contributed by atoms with Crippen LogP contribution in [0.5, 0.6) is 5.88 Å². The molecule has 0 amide bonds. The quantitative estimate of drug-likeness (QED) is 0.319. The predicted octanol–water partition coefficient (Wildman–Crippen LogP) is 4.35.